The average molecular weight is 238 g/mol. The van der Waals surface area contributed by atoms with Crippen molar-refractivity contribution in [1.82, 2.24) is 14.7 Å². The second kappa shape index (κ2) is 4.75. The largest absolute Gasteiger partial charge is 0.384 e. The summed E-state index contributed by atoms with van der Waals surface area (Å²) in [4.78, 5) is 13.9. The molecule has 0 atom stereocenters. The predicted octanol–water partition coefficient (Wildman–Crippen LogP) is 0.519. The fourth-order valence-corrected chi connectivity index (χ4v) is 1.86. The lowest BCUT2D eigenvalue weighted by Gasteiger charge is -2.25. The van der Waals surface area contributed by atoms with Gasteiger partial charge in [0.25, 0.3) is 5.91 Å². The minimum absolute atomic E-state index is 0.0700. The molecule has 0 aliphatic carbocycles. The summed E-state index contributed by atoms with van der Waals surface area (Å²) in [7, 11) is 0. The third-order valence-electron chi connectivity index (χ3n) is 2.77. The number of nitrogens with two attached hydrogens (primary N) is 1. The molecular formula is C11H18N4O2. The standard InChI is InChI=1S/C11H18N4O2/c1-8(2)15-10(12)7-9(13-15)11(16)14-3-5-17-6-4-14/h7-8H,3-6,12H2,1-2H3. The van der Waals surface area contributed by atoms with Crippen molar-refractivity contribution in [2.24, 2.45) is 0 Å². The zero-order valence-electron chi connectivity index (χ0n) is 10.2. The first-order valence-electron chi connectivity index (χ1n) is 5.81. The second-order valence-electron chi connectivity index (χ2n) is 4.40. The van der Waals surface area contributed by atoms with Crippen molar-refractivity contribution in [3.63, 3.8) is 0 Å². The fraction of sp³-hybridized carbons (Fsp3) is 0.636. The Hall–Kier alpha value is -1.56. The van der Waals surface area contributed by atoms with E-state index in [1.54, 1.807) is 15.6 Å². The Balaban J connectivity index is 2.16. The van der Waals surface area contributed by atoms with E-state index >= 15 is 0 Å². The normalized spacial score (nSPS) is 16.5. The van der Waals surface area contributed by atoms with E-state index in [9.17, 15) is 4.79 Å². The molecule has 1 aliphatic rings. The first-order valence-corrected chi connectivity index (χ1v) is 5.81. The molecule has 1 fully saturated rings. The maximum absolute atomic E-state index is 12.1. The highest BCUT2D eigenvalue weighted by Gasteiger charge is 2.22. The smallest absolute Gasteiger partial charge is 0.274 e. The van der Waals surface area contributed by atoms with Crippen LogP contribution < -0.4 is 5.73 Å². The van der Waals surface area contributed by atoms with Gasteiger partial charge < -0.3 is 15.4 Å². The van der Waals surface area contributed by atoms with Gasteiger partial charge in [-0.05, 0) is 13.8 Å². The minimum Gasteiger partial charge on any atom is -0.384 e. The number of nitrogens with zero attached hydrogens (tertiary/aromatic N) is 3. The van der Waals surface area contributed by atoms with Crippen molar-refractivity contribution in [3.05, 3.63) is 11.8 Å². The van der Waals surface area contributed by atoms with Crippen LogP contribution in [0.4, 0.5) is 5.82 Å². The van der Waals surface area contributed by atoms with Crippen LogP contribution in [0, 0.1) is 0 Å². The van der Waals surface area contributed by atoms with Crippen LogP contribution in [-0.4, -0.2) is 46.9 Å². The number of amides is 1. The highest BCUT2D eigenvalue weighted by molar-refractivity contribution is 5.93. The fourth-order valence-electron chi connectivity index (χ4n) is 1.86. The van der Waals surface area contributed by atoms with Crippen molar-refractivity contribution in [3.8, 4) is 0 Å². The van der Waals surface area contributed by atoms with Gasteiger partial charge in [0.1, 0.15) is 5.82 Å². The summed E-state index contributed by atoms with van der Waals surface area (Å²) in [5.74, 6) is 0.455. The molecule has 1 aromatic heterocycles. The topological polar surface area (TPSA) is 73.4 Å². The van der Waals surface area contributed by atoms with Crippen molar-refractivity contribution >= 4 is 11.7 Å². The first kappa shape index (κ1) is 11.9. The number of carbonyl (C=O) groups excluding carboxylic acids is 1. The van der Waals surface area contributed by atoms with E-state index in [0.717, 1.165) is 0 Å². The number of nitrogen functional groups attached to an aromatic ring is 1. The van der Waals surface area contributed by atoms with E-state index in [4.69, 9.17) is 10.5 Å². The molecule has 94 valence electrons. The molecule has 2 rings (SSSR count). The van der Waals surface area contributed by atoms with Gasteiger partial charge in [0.05, 0.1) is 13.2 Å². The summed E-state index contributed by atoms with van der Waals surface area (Å²) in [5.41, 5.74) is 6.23. The first-order chi connectivity index (χ1) is 8.09. The van der Waals surface area contributed by atoms with Crippen molar-refractivity contribution < 1.29 is 9.53 Å². The van der Waals surface area contributed by atoms with Gasteiger partial charge >= 0.3 is 0 Å². The van der Waals surface area contributed by atoms with Gasteiger partial charge in [0, 0.05) is 25.2 Å². The monoisotopic (exact) mass is 238 g/mol. The molecule has 0 spiro atoms. The van der Waals surface area contributed by atoms with Crippen molar-refractivity contribution in [2.75, 3.05) is 32.0 Å². The maximum atomic E-state index is 12.1. The summed E-state index contributed by atoms with van der Waals surface area (Å²) >= 11 is 0. The average Bonchev–Trinajstić information content (AvgIpc) is 2.71. The Labute approximate surface area is 100 Å². The van der Waals surface area contributed by atoms with E-state index in [-0.39, 0.29) is 11.9 Å². The summed E-state index contributed by atoms with van der Waals surface area (Å²) in [6.45, 7) is 6.37. The highest BCUT2D eigenvalue weighted by atomic mass is 16.5. The Bertz CT molecular complexity index is 408. The lowest BCUT2D eigenvalue weighted by Crippen LogP contribution is -2.40. The quantitative estimate of drug-likeness (QED) is 0.815. The molecule has 0 unspecified atom stereocenters. The molecule has 2 N–H and O–H groups in total. The predicted molar refractivity (Wildman–Crippen MR) is 63.7 cm³/mol. The SMILES string of the molecule is CC(C)n1nc(C(=O)N2CCOCC2)cc1N. The number of morpholine rings is 1. The van der Waals surface area contributed by atoms with Gasteiger partial charge in [0.2, 0.25) is 0 Å². The summed E-state index contributed by atoms with van der Waals surface area (Å²) in [6, 6.07) is 1.79. The van der Waals surface area contributed by atoms with Crippen LogP contribution in [-0.2, 0) is 4.74 Å². The number of ether oxygens (including phenoxy) is 1. The van der Waals surface area contributed by atoms with E-state index in [1.807, 2.05) is 13.8 Å². The van der Waals surface area contributed by atoms with Gasteiger partial charge in [-0.1, -0.05) is 0 Å². The zero-order valence-corrected chi connectivity index (χ0v) is 10.2. The molecule has 1 saturated heterocycles. The number of rotatable bonds is 2. The number of hydrogen-bond acceptors (Lipinski definition) is 4. The minimum atomic E-state index is -0.0700. The van der Waals surface area contributed by atoms with Crippen LogP contribution in [0.25, 0.3) is 0 Å². The zero-order chi connectivity index (χ0) is 12.4. The van der Waals surface area contributed by atoms with Gasteiger partial charge in [-0.15, -0.1) is 0 Å². The maximum Gasteiger partial charge on any atom is 0.274 e. The van der Waals surface area contributed by atoms with E-state index in [0.29, 0.717) is 37.8 Å². The van der Waals surface area contributed by atoms with E-state index < -0.39 is 0 Å². The van der Waals surface area contributed by atoms with Crippen LogP contribution in [0.3, 0.4) is 0 Å². The van der Waals surface area contributed by atoms with Crippen molar-refractivity contribution in [2.45, 2.75) is 19.9 Å². The van der Waals surface area contributed by atoms with E-state index in [1.165, 1.54) is 0 Å². The summed E-state index contributed by atoms with van der Waals surface area (Å²) < 4.78 is 6.87. The lowest BCUT2D eigenvalue weighted by molar-refractivity contribution is 0.0298. The molecule has 6 heteroatoms. The molecule has 1 aromatic rings. The van der Waals surface area contributed by atoms with Crippen LogP contribution in [0.15, 0.2) is 6.07 Å². The molecule has 0 aromatic carbocycles. The second-order valence-corrected chi connectivity index (χ2v) is 4.40. The lowest BCUT2D eigenvalue weighted by atomic mass is 10.3. The Kier molecular flexibility index (Phi) is 3.33. The number of carbonyl (C=O) groups is 1. The van der Waals surface area contributed by atoms with Crippen LogP contribution in [0.1, 0.15) is 30.4 Å². The number of hydrogen-bond donors (Lipinski definition) is 1. The van der Waals surface area contributed by atoms with Gasteiger partial charge in [0.15, 0.2) is 5.69 Å². The van der Waals surface area contributed by atoms with Crippen LogP contribution in [0.2, 0.25) is 0 Å². The molecule has 0 bridgehead atoms. The molecule has 0 radical (unpaired) electrons. The Morgan fingerprint density at radius 2 is 2.12 bits per heavy atom. The molecule has 0 saturated carbocycles. The number of aromatic nitrogens is 2. The third kappa shape index (κ3) is 2.41. The molecule has 2 heterocycles. The molecule has 1 amide bonds. The van der Waals surface area contributed by atoms with Crippen LogP contribution >= 0.6 is 0 Å². The van der Waals surface area contributed by atoms with Crippen LogP contribution in [0.5, 0.6) is 0 Å². The van der Waals surface area contributed by atoms with Gasteiger partial charge in [-0.2, -0.15) is 5.10 Å². The molecule has 6 nitrogen and oxygen atoms in total. The molecular weight excluding hydrogens is 220 g/mol. The summed E-state index contributed by atoms with van der Waals surface area (Å²) in [5, 5.41) is 4.24. The van der Waals surface area contributed by atoms with E-state index in [2.05, 4.69) is 5.10 Å². The number of anilines is 1. The molecule has 17 heavy (non-hydrogen) atoms. The Morgan fingerprint density at radius 1 is 1.47 bits per heavy atom. The summed E-state index contributed by atoms with van der Waals surface area (Å²) in [6.07, 6.45) is 0. The third-order valence-corrected chi connectivity index (χ3v) is 2.77. The van der Waals surface area contributed by atoms with Gasteiger partial charge in [-0.3, -0.25) is 4.79 Å². The van der Waals surface area contributed by atoms with Gasteiger partial charge in [-0.25, -0.2) is 4.68 Å². The molecule has 1 aliphatic heterocycles. The Morgan fingerprint density at radius 3 is 2.65 bits per heavy atom. The van der Waals surface area contributed by atoms with Crippen molar-refractivity contribution in [1.29, 1.82) is 0 Å². The highest BCUT2D eigenvalue weighted by Crippen LogP contribution is 2.14.